The summed E-state index contributed by atoms with van der Waals surface area (Å²) >= 11 is 1.20. The molecule has 0 aliphatic rings. The van der Waals surface area contributed by atoms with Crippen molar-refractivity contribution in [2.45, 2.75) is 18.5 Å². The zero-order chi connectivity index (χ0) is 20.2. The second kappa shape index (κ2) is 8.27. The fraction of sp³-hybridized carbons (Fsp3) is 0.150. The number of hydrogen-bond acceptors (Lipinski definition) is 6. The summed E-state index contributed by atoms with van der Waals surface area (Å²) in [5, 5.41) is 15.7. The monoisotopic (exact) mass is 406 g/mol. The minimum absolute atomic E-state index is 0.138. The maximum absolute atomic E-state index is 12.3. The summed E-state index contributed by atoms with van der Waals surface area (Å²) in [6, 6.07) is 16.9. The van der Waals surface area contributed by atoms with Gasteiger partial charge in [-0.25, -0.2) is 0 Å². The zero-order valence-electron chi connectivity index (χ0n) is 15.6. The van der Waals surface area contributed by atoms with Gasteiger partial charge in [0.05, 0.1) is 5.75 Å². The third-order valence-electron chi connectivity index (χ3n) is 4.25. The summed E-state index contributed by atoms with van der Waals surface area (Å²) in [6.45, 7) is 2.06. The summed E-state index contributed by atoms with van der Waals surface area (Å²) in [6.07, 6.45) is 0.901. The quantitative estimate of drug-likeness (QED) is 0.477. The summed E-state index contributed by atoms with van der Waals surface area (Å²) in [5.41, 5.74) is 2.52. The lowest BCUT2D eigenvalue weighted by atomic mass is 10.1. The van der Waals surface area contributed by atoms with Gasteiger partial charge in [0.15, 0.2) is 5.69 Å². The second-order valence-corrected chi connectivity index (χ2v) is 7.22. The molecule has 2 aromatic heterocycles. The van der Waals surface area contributed by atoms with Crippen molar-refractivity contribution in [3.63, 3.8) is 0 Å². The van der Waals surface area contributed by atoms with Crippen LogP contribution >= 0.6 is 11.8 Å². The standard InChI is InChI=1S/C20H18N6O2S/c1-2-13-7-6-10-15(11-13)21-16(27)12-29-20-24-23-19-22-18(28)17(25-26(19)20)14-8-4-3-5-9-14/h3-11H,2,12H2,1H3,(H,21,27)(H,22,23,28). The van der Waals surface area contributed by atoms with E-state index >= 15 is 0 Å². The highest BCUT2D eigenvalue weighted by molar-refractivity contribution is 7.99. The lowest BCUT2D eigenvalue weighted by Crippen LogP contribution is -2.16. The predicted molar refractivity (Wildman–Crippen MR) is 112 cm³/mol. The Kier molecular flexibility index (Phi) is 5.39. The number of nitrogens with one attached hydrogen (secondary N) is 2. The van der Waals surface area contributed by atoms with Crippen molar-refractivity contribution in [3.05, 3.63) is 70.5 Å². The average Bonchev–Trinajstić information content (AvgIpc) is 3.14. The fourth-order valence-electron chi connectivity index (χ4n) is 2.81. The smallest absolute Gasteiger partial charge is 0.279 e. The van der Waals surface area contributed by atoms with Crippen LogP contribution in [0, 0.1) is 0 Å². The number of benzene rings is 2. The zero-order valence-corrected chi connectivity index (χ0v) is 16.4. The van der Waals surface area contributed by atoms with Gasteiger partial charge in [-0.3, -0.25) is 14.6 Å². The van der Waals surface area contributed by atoms with E-state index in [0.29, 0.717) is 10.7 Å². The van der Waals surface area contributed by atoms with Gasteiger partial charge in [-0.1, -0.05) is 61.2 Å². The van der Waals surface area contributed by atoms with Gasteiger partial charge < -0.3 is 5.32 Å². The highest BCUT2D eigenvalue weighted by Gasteiger charge is 2.14. The molecule has 0 unspecified atom stereocenters. The Morgan fingerprint density at radius 2 is 1.97 bits per heavy atom. The number of amides is 1. The molecule has 2 aromatic carbocycles. The van der Waals surface area contributed by atoms with Crippen molar-refractivity contribution in [1.29, 1.82) is 0 Å². The van der Waals surface area contributed by atoms with Crippen molar-refractivity contribution in [2.75, 3.05) is 11.1 Å². The Bertz CT molecular complexity index is 1220. The minimum Gasteiger partial charge on any atom is -0.325 e. The Morgan fingerprint density at radius 3 is 2.76 bits per heavy atom. The molecular weight excluding hydrogens is 388 g/mol. The number of carbonyl (C=O) groups excluding carboxylic acids is 1. The molecule has 0 aliphatic carbocycles. The number of hydrogen-bond donors (Lipinski definition) is 2. The van der Waals surface area contributed by atoms with Crippen LogP contribution in [-0.4, -0.2) is 36.5 Å². The second-order valence-electron chi connectivity index (χ2n) is 6.28. The Morgan fingerprint density at radius 1 is 1.14 bits per heavy atom. The maximum Gasteiger partial charge on any atom is 0.279 e. The third kappa shape index (κ3) is 4.19. The van der Waals surface area contributed by atoms with E-state index in [9.17, 15) is 9.59 Å². The normalized spacial score (nSPS) is 10.9. The van der Waals surface area contributed by atoms with Crippen LogP contribution in [0.25, 0.3) is 17.0 Å². The predicted octanol–water partition coefficient (Wildman–Crippen LogP) is 2.77. The molecule has 9 heteroatoms. The molecule has 0 fully saturated rings. The maximum atomic E-state index is 12.3. The number of fused-ring (bicyclic) bond motifs is 1. The summed E-state index contributed by atoms with van der Waals surface area (Å²) in [5.74, 6) is 0.208. The summed E-state index contributed by atoms with van der Waals surface area (Å²) in [4.78, 5) is 27.3. The molecule has 0 radical (unpaired) electrons. The first-order valence-electron chi connectivity index (χ1n) is 9.07. The van der Waals surface area contributed by atoms with Crippen LogP contribution in [-0.2, 0) is 11.2 Å². The van der Waals surface area contributed by atoms with E-state index in [0.717, 1.165) is 17.7 Å². The summed E-state index contributed by atoms with van der Waals surface area (Å²) < 4.78 is 1.44. The van der Waals surface area contributed by atoms with E-state index in [1.54, 1.807) is 12.1 Å². The molecule has 0 bridgehead atoms. The lowest BCUT2D eigenvalue weighted by molar-refractivity contribution is -0.113. The number of carbonyl (C=O) groups is 1. The molecule has 8 nitrogen and oxygen atoms in total. The molecule has 0 aliphatic heterocycles. The Labute approximate surface area is 170 Å². The molecule has 4 aromatic rings. The van der Waals surface area contributed by atoms with Crippen LogP contribution in [0.15, 0.2) is 64.5 Å². The Balaban J connectivity index is 1.52. The van der Waals surface area contributed by atoms with E-state index < -0.39 is 0 Å². The van der Waals surface area contributed by atoms with Crippen molar-refractivity contribution in [3.8, 4) is 11.3 Å². The molecule has 0 saturated heterocycles. The van der Waals surface area contributed by atoms with E-state index in [1.807, 2.05) is 42.5 Å². The summed E-state index contributed by atoms with van der Waals surface area (Å²) in [7, 11) is 0. The van der Waals surface area contributed by atoms with Gasteiger partial charge in [-0.15, -0.1) is 10.2 Å². The molecule has 4 rings (SSSR count). The Hall–Kier alpha value is -3.46. The van der Waals surface area contributed by atoms with Crippen molar-refractivity contribution < 1.29 is 4.79 Å². The highest BCUT2D eigenvalue weighted by Crippen LogP contribution is 2.18. The first-order valence-corrected chi connectivity index (χ1v) is 10.1. The molecular formula is C20H18N6O2S. The topological polar surface area (TPSA) is 105 Å². The van der Waals surface area contributed by atoms with Crippen LogP contribution in [0.5, 0.6) is 0 Å². The van der Waals surface area contributed by atoms with E-state index in [1.165, 1.54) is 16.3 Å². The largest absolute Gasteiger partial charge is 0.325 e. The molecule has 2 N–H and O–H groups in total. The lowest BCUT2D eigenvalue weighted by Gasteiger charge is -2.06. The number of aryl methyl sites for hydroxylation is 1. The van der Waals surface area contributed by atoms with Gasteiger partial charge >= 0.3 is 0 Å². The number of rotatable bonds is 6. The SMILES string of the molecule is CCc1cccc(NC(=O)CSc2nnc3[nH]c(=O)c(-c4ccccc4)nn23)c1. The molecule has 1 amide bonds. The molecule has 0 atom stereocenters. The van der Waals surface area contributed by atoms with Crippen LogP contribution in [0.3, 0.4) is 0 Å². The van der Waals surface area contributed by atoms with E-state index in [2.05, 4.69) is 32.5 Å². The molecule has 0 saturated carbocycles. The van der Waals surface area contributed by atoms with Gasteiger partial charge in [-0.05, 0) is 24.1 Å². The molecule has 0 spiro atoms. The molecule has 146 valence electrons. The number of thioether (sulfide) groups is 1. The van der Waals surface area contributed by atoms with E-state index in [-0.39, 0.29) is 28.7 Å². The number of H-pyrrole nitrogens is 1. The molecule has 29 heavy (non-hydrogen) atoms. The first-order chi connectivity index (χ1) is 14.1. The van der Waals surface area contributed by atoms with Crippen LogP contribution < -0.4 is 10.9 Å². The van der Waals surface area contributed by atoms with Gasteiger partial charge in [-0.2, -0.15) is 9.61 Å². The van der Waals surface area contributed by atoms with Crippen LogP contribution in [0.4, 0.5) is 5.69 Å². The van der Waals surface area contributed by atoms with Crippen LogP contribution in [0.1, 0.15) is 12.5 Å². The van der Waals surface area contributed by atoms with Crippen molar-refractivity contribution >= 4 is 29.1 Å². The number of nitrogens with zero attached hydrogens (tertiary/aromatic N) is 4. The van der Waals surface area contributed by atoms with E-state index in [4.69, 9.17) is 0 Å². The van der Waals surface area contributed by atoms with Gasteiger partial charge in [0.25, 0.3) is 11.3 Å². The first kappa shape index (κ1) is 18.9. The van der Waals surface area contributed by atoms with Gasteiger partial charge in [0.1, 0.15) is 0 Å². The van der Waals surface area contributed by atoms with Gasteiger partial charge in [0, 0.05) is 11.3 Å². The third-order valence-corrected chi connectivity index (χ3v) is 5.17. The van der Waals surface area contributed by atoms with Crippen molar-refractivity contribution in [2.24, 2.45) is 0 Å². The molecule has 2 heterocycles. The van der Waals surface area contributed by atoms with Crippen LogP contribution in [0.2, 0.25) is 0 Å². The minimum atomic E-state index is -0.346. The van der Waals surface area contributed by atoms with Crippen molar-refractivity contribution in [1.82, 2.24) is 24.8 Å². The highest BCUT2D eigenvalue weighted by atomic mass is 32.2. The number of anilines is 1. The fourth-order valence-corrected chi connectivity index (χ4v) is 3.49. The average molecular weight is 406 g/mol. The number of aromatic amines is 1. The van der Waals surface area contributed by atoms with Gasteiger partial charge in [0.2, 0.25) is 11.1 Å². The number of aromatic nitrogens is 5.